The summed E-state index contributed by atoms with van der Waals surface area (Å²) in [4.78, 5) is 36.9. The van der Waals surface area contributed by atoms with Gasteiger partial charge in [-0.2, -0.15) is 0 Å². The second kappa shape index (κ2) is 29.4. The molecule has 0 spiro atoms. The number of allylic oxidation sites excluding steroid dienone is 1. The van der Waals surface area contributed by atoms with Crippen LogP contribution in [0.4, 0.5) is 9.59 Å². The summed E-state index contributed by atoms with van der Waals surface area (Å²) in [7, 11) is 0. The van der Waals surface area contributed by atoms with E-state index in [4.69, 9.17) is 38.4 Å². The summed E-state index contributed by atoms with van der Waals surface area (Å²) < 4.78 is 38.7. The Morgan fingerprint density at radius 2 is 1.47 bits per heavy atom. The van der Waals surface area contributed by atoms with Crippen LogP contribution in [-0.4, -0.2) is 78.1 Å². The van der Waals surface area contributed by atoms with E-state index >= 15 is 4.79 Å². The molecular weight excluding hydrogens is 975 g/mol. The van der Waals surface area contributed by atoms with Crippen LogP contribution in [0.15, 0.2) is 127 Å². The normalized spacial score (nSPS) is 21.3. The number of aliphatic hydroxyl groups is 2. The fraction of sp³-hybridized carbons (Fsp3) is 0.508. The number of fused-ring (bicyclic) bond motifs is 3. The first kappa shape index (κ1) is 56.8. The zero-order valence-electron chi connectivity index (χ0n) is 45.1. The quantitative estimate of drug-likeness (QED) is 0.0249. The molecule has 2 amide bonds. The van der Waals surface area contributed by atoms with Crippen LogP contribution in [0.2, 0.25) is 0 Å². The molecule has 0 radical (unpaired) electrons. The van der Waals surface area contributed by atoms with Crippen LogP contribution in [0.25, 0.3) is 0 Å². The van der Waals surface area contributed by atoms with Crippen molar-refractivity contribution < 1.29 is 53.1 Å². The number of oxime groups is 1. The fourth-order valence-corrected chi connectivity index (χ4v) is 11.8. The van der Waals surface area contributed by atoms with E-state index in [1.807, 2.05) is 91.0 Å². The topological polar surface area (TPSA) is 167 Å². The zero-order chi connectivity index (χ0) is 53.7. The number of hydrogen-bond donors (Lipinski definition) is 3. The maximum absolute atomic E-state index is 15.3. The smallest absolute Gasteiger partial charge is 0.412 e. The number of ether oxygens (including phenoxy) is 6. The molecule has 4 aromatic carbocycles. The zero-order valence-corrected chi connectivity index (χ0v) is 45.1. The Balaban J connectivity index is 1.22. The Hall–Kier alpha value is -6.35. The molecule has 4 aromatic rings. The average molecular weight is 1060 g/mol. The summed E-state index contributed by atoms with van der Waals surface area (Å²) in [5, 5.41) is 28.1. The van der Waals surface area contributed by atoms with E-state index in [0.717, 1.165) is 79.2 Å². The molecule has 1 fully saturated rings. The summed E-state index contributed by atoms with van der Waals surface area (Å²) in [6.45, 7) is 7.51. The molecule has 14 heteroatoms. The fourth-order valence-electron chi connectivity index (χ4n) is 11.8. The predicted molar refractivity (Wildman–Crippen MR) is 297 cm³/mol. The largest absolute Gasteiger partial charge is 0.459 e. The van der Waals surface area contributed by atoms with Gasteiger partial charge in [0, 0.05) is 44.2 Å². The number of hydrogen-bond acceptors (Lipinski definition) is 12. The van der Waals surface area contributed by atoms with Gasteiger partial charge in [0.05, 0.1) is 24.8 Å². The van der Waals surface area contributed by atoms with Crippen LogP contribution >= 0.6 is 0 Å². The first-order valence-electron chi connectivity index (χ1n) is 28.4. The van der Waals surface area contributed by atoms with Crippen molar-refractivity contribution >= 4 is 17.9 Å². The maximum Gasteiger partial charge on any atom is 0.412 e. The number of unbranched alkanes of at least 4 members (excludes halogenated alkanes) is 11. The number of amides is 2. The molecule has 8 rings (SSSR count). The van der Waals surface area contributed by atoms with Crippen molar-refractivity contribution in [1.82, 2.24) is 10.2 Å². The molecule has 6 unspecified atom stereocenters. The van der Waals surface area contributed by atoms with Gasteiger partial charge in [0.2, 0.25) is 12.6 Å². The van der Waals surface area contributed by atoms with E-state index in [2.05, 4.69) is 24.9 Å². The average Bonchev–Trinajstić information content (AvgIpc) is 4.09. The third kappa shape index (κ3) is 15.0. The number of carbonyl (C=O) groups excluding carboxylic acids is 2. The standard InChI is InChI=1S/C63H81N3O11/c1-3-5-6-7-8-9-10-11-12-23-37-71-62(70)66(43-48-30-32-56-57(38-48)73-45-72-56)58-41-54(65-75-44-47-26-17-14-18-27-47)52-39-49(28-19-21-34-67)51(29-20-22-35-68)59-53-40-50(76-61(69)64-42-46-24-15-13-16-25-46)31-33-55(53)77-63(58,60(52)59)74-36-4-2/h4,13-18,24-27,30-33,38-40,49,51,58-60,67-68H,2-3,5-12,19-23,28-29,34-37,41-45H2,1H3,(H,64,69). The SMILES string of the molecule is C=CCOC12Oc3ccc(OC(=O)NCc4ccccc4)cc3C3C(CCCCO)C(CCCCO)C=C(C(=NOCc4ccccc4)CC1N(Cc1ccc4c(c1)OCO4)C(=O)OCCCCCCCCCCCC)C32. The second-order valence-corrected chi connectivity index (χ2v) is 20.9. The van der Waals surface area contributed by atoms with Crippen molar-refractivity contribution in [2.75, 3.05) is 33.2 Å². The first-order chi connectivity index (χ1) is 37.8. The van der Waals surface area contributed by atoms with Gasteiger partial charge >= 0.3 is 12.2 Å². The Bertz CT molecular complexity index is 2560. The van der Waals surface area contributed by atoms with Crippen LogP contribution in [0.3, 0.4) is 0 Å². The molecule has 14 nitrogen and oxygen atoms in total. The lowest BCUT2D eigenvalue weighted by Crippen LogP contribution is -2.70. The van der Waals surface area contributed by atoms with Gasteiger partial charge in [-0.15, -0.1) is 6.58 Å². The highest BCUT2D eigenvalue weighted by molar-refractivity contribution is 6.03. The summed E-state index contributed by atoms with van der Waals surface area (Å²) in [5.74, 6) is -0.484. The van der Waals surface area contributed by atoms with Crippen LogP contribution < -0.4 is 24.3 Å². The Morgan fingerprint density at radius 3 is 2.19 bits per heavy atom. The van der Waals surface area contributed by atoms with Crippen LogP contribution in [-0.2, 0) is 34.0 Å². The molecule has 2 heterocycles. The minimum absolute atomic E-state index is 0.00933. The van der Waals surface area contributed by atoms with Gasteiger partial charge in [-0.3, -0.25) is 4.90 Å². The summed E-state index contributed by atoms with van der Waals surface area (Å²) in [6, 6.07) is 29.9. The highest BCUT2D eigenvalue weighted by Crippen LogP contribution is 2.62. The predicted octanol–water partition coefficient (Wildman–Crippen LogP) is 13.1. The summed E-state index contributed by atoms with van der Waals surface area (Å²) >= 11 is 0. The van der Waals surface area contributed by atoms with Crippen molar-refractivity contribution in [3.63, 3.8) is 0 Å². The number of aliphatic hydroxyl groups excluding tert-OH is 2. The molecule has 0 bridgehead atoms. The van der Waals surface area contributed by atoms with Gasteiger partial charge in [0.1, 0.15) is 24.1 Å². The van der Waals surface area contributed by atoms with Gasteiger partial charge in [-0.05, 0) is 96.5 Å². The third-order valence-electron chi connectivity index (χ3n) is 15.5. The van der Waals surface area contributed by atoms with E-state index in [-0.39, 0.29) is 70.5 Å². The van der Waals surface area contributed by atoms with E-state index in [9.17, 15) is 15.0 Å². The summed E-state index contributed by atoms with van der Waals surface area (Å²) in [5.41, 5.74) is 5.03. The van der Waals surface area contributed by atoms with E-state index in [1.165, 1.54) is 38.5 Å². The molecule has 4 aliphatic rings. The van der Waals surface area contributed by atoms with Gasteiger partial charge in [0.25, 0.3) is 0 Å². The molecule has 1 saturated carbocycles. The molecule has 0 saturated heterocycles. The molecule has 6 atom stereocenters. The number of nitrogens with zero attached hydrogens (tertiary/aromatic N) is 2. The number of nitrogens with one attached hydrogen (secondary N) is 1. The van der Waals surface area contributed by atoms with Crippen molar-refractivity contribution in [2.45, 2.75) is 154 Å². The molecule has 2 aliphatic heterocycles. The molecule has 77 heavy (non-hydrogen) atoms. The van der Waals surface area contributed by atoms with Gasteiger partial charge in [0.15, 0.2) is 11.5 Å². The molecule has 3 N–H and O–H groups in total. The van der Waals surface area contributed by atoms with Crippen LogP contribution in [0.5, 0.6) is 23.0 Å². The molecule has 414 valence electrons. The van der Waals surface area contributed by atoms with Crippen molar-refractivity contribution in [3.05, 3.63) is 144 Å². The summed E-state index contributed by atoms with van der Waals surface area (Å²) in [6.07, 6.45) is 18.8. The minimum atomic E-state index is -1.55. The molecular formula is C63H81N3O11. The highest BCUT2D eigenvalue weighted by atomic mass is 16.7. The highest BCUT2D eigenvalue weighted by Gasteiger charge is 2.66. The molecule has 0 aromatic heterocycles. The van der Waals surface area contributed by atoms with Gasteiger partial charge in [-0.25, -0.2) is 9.59 Å². The van der Waals surface area contributed by atoms with Crippen LogP contribution in [0, 0.1) is 17.8 Å². The first-order valence-corrected chi connectivity index (χ1v) is 28.4. The third-order valence-corrected chi connectivity index (χ3v) is 15.5. The van der Waals surface area contributed by atoms with Crippen molar-refractivity contribution in [3.8, 4) is 23.0 Å². The monoisotopic (exact) mass is 1060 g/mol. The lowest BCUT2D eigenvalue weighted by atomic mass is 9.55. The van der Waals surface area contributed by atoms with Crippen LogP contribution in [0.1, 0.15) is 144 Å². The van der Waals surface area contributed by atoms with Crippen molar-refractivity contribution in [1.29, 1.82) is 0 Å². The number of benzene rings is 4. The molecule has 2 aliphatic carbocycles. The Labute approximate surface area is 455 Å². The number of carbonyl (C=O) groups is 2. The second-order valence-electron chi connectivity index (χ2n) is 20.9. The van der Waals surface area contributed by atoms with E-state index in [0.29, 0.717) is 48.1 Å². The maximum atomic E-state index is 15.3. The van der Waals surface area contributed by atoms with Gasteiger partial charge in [-0.1, -0.05) is 162 Å². The Morgan fingerprint density at radius 1 is 0.779 bits per heavy atom. The van der Waals surface area contributed by atoms with Gasteiger partial charge < -0.3 is 48.8 Å². The lowest BCUT2D eigenvalue weighted by Gasteiger charge is -2.59. The van der Waals surface area contributed by atoms with Crippen molar-refractivity contribution in [2.24, 2.45) is 22.9 Å². The number of rotatable bonds is 31. The minimum Gasteiger partial charge on any atom is -0.459 e. The Kier molecular flexibility index (Phi) is 21.7. The van der Waals surface area contributed by atoms with E-state index in [1.54, 1.807) is 17.0 Å². The lowest BCUT2D eigenvalue weighted by molar-refractivity contribution is -0.256. The van der Waals surface area contributed by atoms with E-state index < -0.39 is 29.9 Å².